The second-order valence-corrected chi connectivity index (χ2v) is 4.77. The van der Waals surface area contributed by atoms with E-state index in [-0.39, 0.29) is 6.04 Å². The van der Waals surface area contributed by atoms with Gasteiger partial charge >= 0.3 is 0 Å². The fourth-order valence-corrected chi connectivity index (χ4v) is 2.10. The molecule has 1 fully saturated rings. The van der Waals surface area contributed by atoms with Gasteiger partial charge in [0.1, 0.15) is 0 Å². The van der Waals surface area contributed by atoms with Crippen LogP contribution in [-0.4, -0.2) is 54.1 Å². The van der Waals surface area contributed by atoms with E-state index in [0.29, 0.717) is 11.0 Å². The van der Waals surface area contributed by atoms with Gasteiger partial charge in [-0.25, -0.2) is 0 Å². The van der Waals surface area contributed by atoms with E-state index in [1.54, 1.807) is 0 Å². The van der Waals surface area contributed by atoms with Crippen molar-refractivity contribution in [3.63, 3.8) is 0 Å². The summed E-state index contributed by atoms with van der Waals surface area (Å²) in [6, 6.07) is 0.885. The van der Waals surface area contributed by atoms with Crippen LogP contribution in [-0.2, 0) is 0 Å². The molecule has 0 spiro atoms. The van der Waals surface area contributed by atoms with Gasteiger partial charge in [-0.3, -0.25) is 4.90 Å². The first-order valence-corrected chi connectivity index (χ1v) is 5.63. The van der Waals surface area contributed by atoms with E-state index in [0.717, 1.165) is 6.54 Å². The van der Waals surface area contributed by atoms with Crippen molar-refractivity contribution in [3.05, 3.63) is 0 Å². The van der Waals surface area contributed by atoms with Crippen molar-refractivity contribution in [2.24, 2.45) is 5.73 Å². The zero-order valence-electron chi connectivity index (χ0n) is 9.36. The van der Waals surface area contributed by atoms with E-state index >= 15 is 0 Å². The Morgan fingerprint density at radius 3 is 2.79 bits per heavy atom. The van der Waals surface area contributed by atoms with Crippen molar-refractivity contribution >= 4 is 17.2 Å². The molecule has 3 nitrogen and oxygen atoms in total. The number of hydrogen-bond acceptors (Lipinski definition) is 3. The highest BCUT2D eigenvalue weighted by atomic mass is 32.1. The van der Waals surface area contributed by atoms with Gasteiger partial charge in [0.05, 0.1) is 11.0 Å². The smallest absolute Gasteiger partial charge is 0.0899 e. The van der Waals surface area contributed by atoms with Crippen molar-refractivity contribution in [2.45, 2.75) is 31.8 Å². The lowest BCUT2D eigenvalue weighted by atomic mass is 10.2. The van der Waals surface area contributed by atoms with Gasteiger partial charge in [-0.05, 0) is 40.4 Å². The van der Waals surface area contributed by atoms with Crippen LogP contribution in [0.2, 0.25) is 0 Å². The molecular weight excluding hydrogens is 194 g/mol. The van der Waals surface area contributed by atoms with Crippen LogP contribution in [0, 0.1) is 0 Å². The fourth-order valence-electron chi connectivity index (χ4n) is 1.92. The summed E-state index contributed by atoms with van der Waals surface area (Å²) in [6.07, 6.45) is 2.61. The Labute approximate surface area is 92.2 Å². The summed E-state index contributed by atoms with van der Waals surface area (Å²) in [5.41, 5.74) is 5.62. The van der Waals surface area contributed by atoms with Gasteiger partial charge in [0.15, 0.2) is 0 Å². The molecule has 2 N–H and O–H groups in total. The van der Waals surface area contributed by atoms with Crippen LogP contribution in [0.3, 0.4) is 0 Å². The highest BCUT2D eigenvalue weighted by molar-refractivity contribution is 7.80. The van der Waals surface area contributed by atoms with E-state index < -0.39 is 0 Å². The van der Waals surface area contributed by atoms with Gasteiger partial charge in [-0.2, -0.15) is 0 Å². The average molecular weight is 215 g/mol. The predicted octanol–water partition coefficient (Wildman–Crippen LogP) is 0.687. The SMILES string of the molecule is CC(C(N)=S)N(C)CC1CCCN1C. The molecule has 4 heteroatoms. The summed E-state index contributed by atoms with van der Waals surface area (Å²) in [5.74, 6) is 0. The third kappa shape index (κ3) is 2.90. The molecule has 0 aromatic rings. The van der Waals surface area contributed by atoms with E-state index in [1.807, 2.05) is 0 Å². The molecule has 2 atom stereocenters. The Balaban J connectivity index is 2.39. The fraction of sp³-hybridized carbons (Fsp3) is 0.900. The number of likely N-dealkylation sites (N-methyl/N-ethyl adjacent to an activating group) is 2. The minimum atomic E-state index is 0.207. The largest absolute Gasteiger partial charge is 0.392 e. The summed E-state index contributed by atoms with van der Waals surface area (Å²) < 4.78 is 0. The molecule has 0 aromatic carbocycles. The molecule has 1 rings (SSSR count). The monoisotopic (exact) mass is 215 g/mol. The first kappa shape index (κ1) is 11.9. The van der Waals surface area contributed by atoms with Crippen molar-refractivity contribution in [2.75, 3.05) is 27.2 Å². The second kappa shape index (κ2) is 5.05. The summed E-state index contributed by atoms with van der Waals surface area (Å²) in [7, 11) is 4.28. The molecule has 0 bridgehead atoms. The van der Waals surface area contributed by atoms with Crippen LogP contribution in [0.1, 0.15) is 19.8 Å². The van der Waals surface area contributed by atoms with Crippen molar-refractivity contribution < 1.29 is 0 Å². The molecule has 14 heavy (non-hydrogen) atoms. The van der Waals surface area contributed by atoms with Gasteiger partial charge in [0.2, 0.25) is 0 Å². The first-order valence-electron chi connectivity index (χ1n) is 5.22. The minimum absolute atomic E-state index is 0.207. The zero-order chi connectivity index (χ0) is 10.7. The third-order valence-electron chi connectivity index (χ3n) is 3.24. The lowest BCUT2D eigenvalue weighted by Crippen LogP contribution is -2.45. The quantitative estimate of drug-likeness (QED) is 0.699. The first-order chi connectivity index (χ1) is 6.52. The van der Waals surface area contributed by atoms with E-state index in [1.165, 1.54) is 19.4 Å². The molecule has 0 aliphatic carbocycles. The molecule has 0 radical (unpaired) electrons. The maximum absolute atomic E-state index is 5.62. The molecule has 1 saturated heterocycles. The Morgan fingerprint density at radius 2 is 2.36 bits per heavy atom. The van der Waals surface area contributed by atoms with Crippen LogP contribution < -0.4 is 5.73 Å². The normalized spacial score (nSPS) is 25.6. The van der Waals surface area contributed by atoms with Crippen molar-refractivity contribution in [1.82, 2.24) is 9.80 Å². The van der Waals surface area contributed by atoms with Crippen LogP contribution in [0.5, 0.6) is 0 Å². The molecule has 0 saturated carbocycles. The van der Waals surface area contributed by atoms with Crippen LogP contribution in [0.15, 0.2) is 0 Å². The van der Waals surface area contributed by atoms with Crippen LogP contribution in [0.4, 0.5) is 0 Å². The molecule has 0 amide bonds. The Morgan fingerprint density at radius 1 is 1.71 bits per heavy atom. The second-order valence-electron chi connectivity index (χ2n) is 4.29. The Kier molecular flexibility index (Phi) is 4.29. The highest BCUT2D eigenvalue weighted by Crippen LogP contribution is 2.16. The molecule has 1 aliphatic rings. The standard InChI is InChI=1S/C10H21N3S/c1-8(10(11)14)13(3)7-9-5-4-6-12(9)2/h8-9H,4-7H2,1-3H3,(H2,11,14). The summed E-state index contributed by atoms with van der Waals surface area (Å²) >= 11 is 4.99. The summed E-state index contributed by atoms with van der Waals surface area (Å²) in [6.45, 7) is 4.35. The van der Waals surface area contributed by atoms with Gasteiger partial charge in [-0.15, -0.1) is 0 Å². The number of thiocarbonyl (C=S) groups is 1. The topological polar surface area (TPSA) is 32.5 Å². The maximum atomic E-state index is 5.62. The summed E-state index contributed by atoms with van der Waals surface area (Å²) in [5, 5.41) is 0. The minimum Gasteiger partial charge on any atom is -0.392 e. The third-order valence-corrected chi connectivity index (χ3v) is 3.58. The van der Waals surface area contributed by atoms with Crippen molar-refractivity contribution in [1.29, 1.82) is 0 Å². The van der Waals surface area contributed by atoms with Gasteiger partial charge < -0.3 is 10.6 Å². The maximum Gasteiger partial charge on any atom is 0.0899 e. The summed E-state index contributed by atoms with van der Waals surface area (Å²) in [4.78, 5) is 5.26. The molecule has 1 aliphatic heterocycles. The lowest BCUT2D eigenvalue weighted by molar-refractivity contribution is 0.210. The van der Waals surface area contributed by atoms with E-state index in [2.05, 4.69) is 30.8 Å². The zero-order valence-corrected chi connectivity index (χ0v) is 10.2. The van der Waals surface area contributed by atoms with Crippen molar-refractivity contribution in [3.8, 4) is 0 Å². The van der Waals surface area contributed by atoms with E-state index in [4.69, 9.17) is 18.0 Å². The highest BCUT2D eigenvalue weighted by Gasteiger charge is 2.24. The van der Waals surface area contributed by atoms with E-state index in [9.17, 15) is 0 Å². The average Bonchev–Trinajstić information content (AvgIpc) is 2.50. The van der Waals surface area contributed by atoms with Crippen LogP contribution in [0.25, 0.3) is 0 Å². The van der Waals surface area contributed by atoms with Gasteiger partial charge in [-0.1, -0.05) is 12.2 Å². The molecule has 82 valence electrons. The number of nitrogens with zero attached hydrogens (tertiary/aromatic N) is 2. The Hall–Kier alpha value is -0.190. The number of rotatable bonds is 4. The number of hydrogen-bond donors (Lipinski definition) is 1. The van der Waals surface area contributed by atoms with Gasteiger partial charge in [0.25, 0.3) is 0 Å². The van der Waals surface area contributed by atoms with Crippen LogP contribution >= 0.6 is 12.2 Å². The number of likely N-dealkylation sites (tertiary alicyclic amines) is 1. The molecule has 2 unspecified atom stereocenters. The predicted molar refractivity (Wildman–Crippen MR) is 64.5 cm³/mol. The molecule has 1 heterocycles. The Bertz CT molecular complexity index is 208. The number of nitrogens with two attached hydrogens (primary N) is 1. The molecule has 0 aromatic heterocycles. The lowest BCUT2D eigenvalue weighted by Gasteiger charge is -2.29. The molecular formula is C10H21N3S. The van der Waals surface area contributed by atoms with Gasteiger partial charge in [0, 0.05) is 12.6 Å².